The fourth-order valence-electron chi connectivity index (χ4n) is 2.32. The highest BCUT2D eigenvalue weighted by atomic mass is 79.9. The van der Waals surface area contributed by atoms with E-state index in [1.807, 2.05) is 24.3 Å². The molecule has 9 heteroatoms. The average molecular weight is 400 g/mol. The van der Waals surface area contributed by atoms with E-state index in [1.165, 1.54) is 6.20 Å². The summed E-state index contributed by atoms with van der Waals surface area (Å²) in [5, 5.41) is -1.37. The maximum absolute atomic E-state index is 13.1. The highest BCUT2D eigenvalue weighted by Crippen LogP contribution is 2.26. The second kappa shape index (κ2) is 5.97. The number of rotatable bonds is 3. The minimum absolute atomic E-state index is 0.0709. The summed E-state index contributed by atoms with van der Waals surface area (Å²) in [4.78, 5) is 21.3. The number of nitrogens with zero attached hydrogens (tertiary/aromatic N) is 3. The zero-order valence-corrected chi connectivity index (χ0v) is 14.1. The molecule has 1 unspecified atom stereocenters. The quantitative estimate of drug-likeness (QED) is 0.739. The van der Waals surface area contributed by atoms with Gasteiger partial charge in [0, 0.05) is 29.2 Å². The van der Waals surface area contributed by atoms with E-state index in [9.17, 15) is 17.1 Å². The predicted octanol–water partition coefficient (Wildman–Crippen LogP) is 2.31. The summed E-state index contributed by atoms with van der Waals surface area (Å²) in [6.45, 7) is -0.276. The van der Waals surface area contributed by atoms with Crippen LogP contribution in [-0.2, 0) is 15.0 Å². The molecule has 3 rings (SSSR count). The van der Waals surface area contributed by atoms with E-state index < -0.39 is 27.8 Å². The Balaban J connectivity index is 1.91. The van der Waals surface area contributed by atoms with Crippen LogP contribution in [-0.4, -0.2) is 36.1 Å². The summed E-state index contributed by atoms with van der Waals surface area (Å²) in [7, 11) is -4.77. The van der Waals surface area contributed by atoms with Crippen LogP contribution in [0.15, 0.2) is 41.0 Å². The van der Waals surface area contributed by atoms with E-state index in [1.54, 1.807) is 6.07 Å². The van der Waals surface area contributed by atoms with Crippen molar-refractivity contribution in [1.29, 1.82) is 0 Å². The Kier molecular flexibility index (Phi) is 4.15. The molecule has 2 aromatic rings. The molecule has 2 heterocycles. The van der Waals surface area contributed by atoms with Crippen molar-refractivity contribution in [3.8, 4) is 11.3 Å². The molecule has 1 aromatic heterocycles. The molecular formula is C14H11BrFN3O3S. The van der Waals surface area contributed by atoms with Crippen molar-refractivity contribution in [2.45, 2.75) is 11.7 Å². The molecular weight excluding hydrogens is 389 g/mol. The third kappa shape index (κ3) is 3.40. The summed E-state index contributed by atoms with van der Waals surface area (Å²) in [6.07, 6.45) is 1.08. The van der Waals surface area contributed by atoms with Crippen LogP contribution in [0.5, 0.6) is 0 Å². The van der Waals surface area contributed by atoms with Gasteiger partial charge in [-0.25, -0.2) is 9.97 Å². The first-order chi connectivity index (χ1) is 10.8. The minimum atomic E-state index is -4.77. The Labute approximate surface area is 140 Å². The summed E-state index contributed by atoms with van der Waals surface area (Å²) >= 11 is 3.34. The minimum Gasteiger partial charge on any atom is -0.279 e. The Bertz CT molecular complexity index is 858. The molecule has 1 aliphatic rings. The monoisotopic (exact) mass is 399 g/mol. The lowest BCUT2D eigenvalue weighted by molar-refractivity contribution is -0.117. The highest BCUT2D eigenvalue weighted by Gasteiger charge is 2.40. The van der Waals surface area contributed by atoms with Gasteiger partial charge in [0.05, 0.1) is 5.69 Å². The van der Waals surface area contributed by atoms with Gasteiger partial charge < -0.3 is 0 Å². The second-order valence-electron chi connectivity index (χ2n) is 5.05. The third-order valence-corrected chi connectivity index (χ3v) is 5.15. The molecule has 1 aromatic carbocycles. The number of benzene rings is 1. The molecule has 1 aliphatic heterocycles. The topological polar surface area (TPSA) is 80.2 Å². The molecule has 120 valence electrons. The number of carbonyl (C=O) groups is 1. The van der Waals surface area contributed by atoms with Gasteiger partial charge in [0.1, 0.15) is 5.25 Å². The van der Waals surface area contributed by atoms with Gasteiger partial charge >= 0.3 is 10.2 Å². The summed E-state index contributed by atoms with van der Waals surface area (Å²) < 4.78 is 36.0. The SMILES string of the molecule is O=C1CC(S(=O)(=O)F)CN1c1nccc(-c2ccc(Br)cc2)n1. The normalized spacial score (nSPS) is 18.4. The van der Waals surface area contributed by atoms with E-state index in [4.69, 9.17) is 0 Å². The Morgan fingerprint density at radius 2 is 1.91 bits per heavy atom. The van der Waals surface area contributed by atoms with Gasteiger partial charge in [0.15, 0.2) is 0 Å². The Morgan fingerprint density at radius 1 is 1.22 bits per heavy atom. The van der Waals surface area contributed by atoms with Crippen molar-refractivity contribution >= 4 is 38.0 Å². The lowest BCUT2D eigenvalue weighted by Gasteiger charge is -2.14. The maximum Gasteiger partial charge on any atom is 0.307 e. The molecule has 6 nitrogen and oxygen atoms in total. The number of anilines is 1. The average Bonchev–Trinajstić information content (AvgIpc) is 2.90. The summed E-state index contributed by atoms with van der Waals surface area (Å²) in [5.74, 6) is -0.439. The number of carbonyl (C=O) groups excluding carboxylic acids is 1. The van der Waals surface area contributed by atoms with E-state index in [2.05, 4.69) is 25.9 Å². The molecule has 1 atom stereocenters. The van der Waals surface area contributed by atoms with E-state index in [-0.39, 0.29) is 12.5 Å². The first-order valence-electron chi connectivity index (χ1n) is 6.67. The first-order valence-corrected chi connectivity index (χ1v) is 8.91. The zero-order valence-electron chi connectivity index (χ0n) is 11.7. The van der Waals surface area contributed by atoms with Crippen LogP contribution < -0.4 is 4.90 Å². The van der Waals surface area contributed by atoms with Crippen molar-refractivity contribution in [3.63, 3.8) is 0 Å². The molecule has 0 aliphatic carbocycles. The largest absolute Gasteiger partial charge is 0.307 e. The number of hydrogen-bond acceptors (Lipinski definition) is 5. The molecule has 1 saturated heterocycles. The number of amides is 1. The van der Waals surface area contributed by atoms with Gasteiger partial charge in [-0.15, -0.1) is 3.89 Å². The van der Waals surface area contributed by atoms with Crippen molar-refractivity contribution in [2.75, 3.05) is 11.4 Å². The maximum atomic E-state index is 13.1. The van der Waals surface area contributed by atoms with Crippen molar-refractivity contribution in [1.82, 2.24) is 9.97 Å². The van der Waals surface area contributed by atoms with Crippen LogP contribution in [0.2, 0.25) is 0 Å². The van der Waals surface area contributed by atoms with Gasteiger partial charge in [-0.1, -0.05) is 28.1 Å². The van der Waals surface area contributed by atoms with Crippen LogP contribution in [0.4, 0.5) is 9.83 Å². The summed E-state index contributed by atoms with van der Waals surface area (Å²) in [6, 6.07) is 9.07. The van der Waals surface area contributed by atoms with Gasteiger partial charge in [0.2, 0.25) is 11.9 Å². The van der Waals surface area contributed by atoms with Crippen LogP contribution in [0.1, 0.15) is 6.42 Å². The molecule has 0 bridgehead atoms. The predicted molar refractivity (Wildman–Crippen MR) is 86.0 cm³/mol. The Morgan fingerprint density at radius 3 is 2.52 bits per heavy atom. The smallest absolute Gasteiger partial charge is 0.279 e. The van der Waals surface area contributed by atoms with Crippen LogP contribution >= 0.6 is 15.9 Å². The molecule has 0 N–H and O–H groups in total. The van der Waals surface area contributed by atoms with E-state index >= 15 is 0 Å². The lowest BCUT2D eigenvalue weighted by atomic mass is 10.1. The zero-order chi connectivity index (χ0) is 16.6. The standard InChI is InChI=1S/C14H11BrFN3O3S/c15-10-3-1-9(2-4-10)12-5-6-17-14(18-12)19-8-11(7-13(19)20)23(16,21)22/h1-6,11H,7-8H2. The van der Waals surface area contributed by atoms with Crippen molar-refractivity contribution in [3.05, 3.63) is 41.0 Å². The van der Waals surface area contributed by atoms with E-state index in [0.29, 0.717) is 5.69 Å². The van der Waals surface area contributed by atoms with Crippen molar-refractivity contribution in [2.24, 2.45) is 0 Å². The molecule has 0 saturated carbocycles. The number of halogens is 2. The van der Waals surface area contributed by atoms with Gasteiger partial charge in [-0.2, -0.15) is 8.42 Å². The van der Waals surface area contributed by atoms with Crippen LogP contribution in [0.3, 0.4) is 0 Å². The van der Waals surface area contributed by atoms with Crippen molar-refractivity contribution < 1.29 is 17.1 Å². The number of aromatic nitrogens is 2. The fraction of sp³-hybridized carbons (Fsp3) is 0.214. The molecule has 0 spiro atoms. The number of hydrogen-bond donors (Lipinski definition) is 0. The lowest BCUT2D eigenvalue weighted by Crippen LogP contribution is -2.28. The van der Waals surface area contributed by atoms with Crippen LogP contribution in [0, 0.1) is 0 Å². The molecule has 23 heavy (non-hydrogen) atoms. The first kappa shape index (κ1) is 16.0. The highest BCUT2D eigenvalue weighted by molar-refractivity contribution is 9.10. The third-order valence-electron chi connectivity index (χ3n) is 3.51. The van der Waals surface area contributed by atoms with Gasteiger partial charge in [0.25, 0.3) is 0 Å². The van der Waals surface area contributed by atoms with Gasteiger partial charge in [-0.3, -0.25) is 9.69 Å². The molecule has 0 radical (unpaired) electrons. The fourth-order valence-corrected chi connectivity index (χ4v) is 3.25. The summed E-state index contributed by atoms with van der Waals surface area (Å²) in [5.41, 5.74) is 1.40. The second-order valence-corrected chi connectivity index (χ2v) is 7.59. The molecule has 1 fully saturated rings. The molecule has 1 amide bonds. The van der Waals surface area contributed by atoms with Gasteiger partial charge in [-0.05, 0) is 18.2 Å². The van der Waals surface area contributed by atoms with E-state index in [0.717, 1.165) is 14.9 Å². The van der Waals surface area contributed by atoms with Crippen LogP contribution in [0.25, 0.3) is 11.3 Å². The Hall–Kier alpha value is -1.87.